The highest BCUT2D eigenvalue weighted by Crippen LogP contribution is 2.49. The molecule has 1 unspecified atom stereocenters. The van der Waals surface area contributed by atoms with Crippen LogP contribution in [0.15, 0.2) is 11.4 Å². The van der Waals surface area contributed by atoms with Gasteiger partial charge in [0.25, 0.3) is 0 Å². The lowest BCUT2D eigenvalue weighted by atomic mass is 9.61. The van der Waals surface area contributed by atoms with Gasteiger partial charge in [-0.3, -0.25) is 0 Å². The Kier molecular flexibility index (Phi) is 3.76. The molecule has 0 spiro atoms. The summed E-state index contributed by atoms with van der Waals surface area (Å²) in [4.78, 5) is 1.45. The van der Waals surface area contributed by atoms with Crippen molar-refractivity contribution in [3.63, 3.8) is 0 Å². The van der Waals surface area contributed by atoms with Crippen molar-refractivity contribution >= 4 is 11.3 Å². The van der Waals surface area contributed by atoms with Crippen LogP contribution < -0.4 is 5.32 Å². The summed E-state index contributed by atoms with van der Waals surface area (Å²) in [6.07, 6.45) is 8.83. The Labute approximate surface area is 115 Å². The molecule has 0 saturated heterocycles. The number of rotatable bonds is 5. The van der Waals surface area contributed by atoms with Crippen molar-refractivity contribution < 1.29 is 0 Å². The van der Waals surface area contributed by atoms with Crippen LogP contribution in [-0.4, -0.2) is 7.05 Å². The van der Waals surface area contributed by atoms with Crippen LogP contribution in [0.25, 0.3) is 0 Å². The molecule has 1 atom stereocenters. The number of aryl methyl sites for hydroxylation is 1. The van der Waals surface area contributed by atoms with Gasteiger partial charge in [0.05, 0.1) is 0 Å². The van der Waals surface area contributed by atoms with E-state index in [-0.39, 0.29) is 0 Å². The average molecular weight is 263 g/mol. The van der Waals surface area contributed by atoms with Gasteiger partial charge in [0.1, 0.15) is 0 Å². The number of thiophene rings is 1. The van der Waals surface area contributed by atoms with Crippen molar-refractivity contribution in [1.82, 2.24) is 5.32 Å². The van der Waals surface area contributed by atoms with E-state index in [9.17, 15) is 0 Å². The average Bonchev–Trinajstić information content (AvgIpc) is 2.61. The second-order valence-electron chi connectivity index (χ2n) is 6.22. The lowest BCUT2D eigenvalue weighted by Crippen LogP contribution is -2.40. The number of hydrogen-bond acceptors (Lipinski definition) is 2. The summed E-state index contributed by atoms with van der Waals surface area (Å²) in [7, 11) is 2.15. The Morgan fingerprint density at radius 1 is 1.17 bits per heavy atom. The summed E-state index contributed by atoms with van der Waals surface area (Å²) in [5.74, 6) is 2.88. The molecule has 1 aromatic heterocycles. The SMILES string of the molecule is CNC(c1csc(C)c1)C(C1CCC1)C1CCC1. The third kappa shape index (κ3) is 2.25. The van der Waals surface area contributed by atoms with Crippen LogP contribution >= 0.6 is 11.3 Å². The molecule has 2 fully saturated rings. The van der Waals surface area contributed by atoms with Gasteiger partial charge < -0.3 is 5.32 Å². The van der Waals surface area contributed by atoms with E-state index in [4.69, 9.17) is 0 Å². The summed E-state index contributed by atoms with van der Waals surface area (Å²) >= 11 is 1.90. The summed E-state index contributed by atoms with van der Waals surface area (Å²) < 4.78 is 0. The molecule has 0 bridgehead atoms. The van der Waals surface area contributed by atoms with Crippen molar-refractivity contribution in [2.24, 2.45) is 17.8 Å². The summed E-state index contributed by atoms with van der Waals surface area (Å²) in [5.41, 5.74) is 1.55. The summed E-state index contributed by atoms with van der Waals surface area (Å²) in [6.45, 7) is 2.22. The van der Waals surface area contributed by atoms with Crippen molar-refractivity contribution in [3.05, 3.63) is 21.9 Å². The van der Waals surface area contributed by atoms with E-state index in [0.29, 0.717) is 6.04 Å². The largest absolute Gasteiger partial charge is 0.313 e. The Hall–Kier alpha value is -0.340. The Balaban J connectivity index is 1.81. The molecule has 2 saturated carbocycles. The van der Waals surface area contributed by atoms with Gasteiger partial charge in [0.2, 0.25) is 0 Å². The zero-order valence-corrected chi connectivity index (χ0v) is 12.4. The molecule has 0 aromatic carbocycles. The molecule has 1 N–H and O–H groups in total. The summed E-state index contributed by atoms with van der Waals surface area (Å²) in [5, 5.41) is 6.01. The molecule has 1 heterocycles. The second-order valence-corrected chi connectivity index (χ2v) is 7.33. The Morgan fingerprint density at radius 3 is 2.11 bits per heavy atom. The van der Waals surface area contributed by atoms with Gasteiger partial charge >= 0.3 is 0 Å². The topological polar surface area (TPSA) is 12.0 Å². The highest BCUT2D eigenvalue weighted by molar-refractivity contribution is 7.10. The van der Waals surface area contributed by atoms with Crippen molar-refractivity contribution in [1.29, 1.82) is 0 Å². The predicted octanol–water partition coefficient (Wildman–Crippen LogP) is 4.53. The van der Waals surface area contributed by atoms with Gasteiger partial charge in [-0.05, 0) is 48.7 Å². The first-order chi connectivity index (χ1) is 8.79. The van der Waals surface area contributed by atoms with E-state index < -0.39 is 0 Å². The van der Waals surface area contributed by atoms with Crippen molar-refractivity contribution in [2.75, 3.05) is 7.05 Å². The number of nitrogens with one attached hydrogen (secondary N) is 1. The predicted molar refractivity (Wildman–Crippen MR) is 79.0 cm³/mol. The van der Waals surface area contributed by atoms with Gasteiger partial charge in [0.15, 0.2) is 0 Å². The molecular formula is C16H25NS. The van der Waals surface area contributed by atoms with Gasteiger partial charge in [-0.2, -0.15) is 0 Å². The monoisotopic (exact) mass is 263 g/mol. The quantitative estimate of drug-likeness (QED) is 0.823. The van der Waals surface area contributed by atoms with Crippen LogP contribution in [0.4, 0.5) is 0 Å². The molecular weight excluding hydrogens is 238 g/mol. The van der Waals surface area contributed by atoms with E-state index in [1.54, 1.807) is 5.56 Å². The minimum atomic E-state index is 0.602. The maximum absolute atomic E-state index is 3.64. The highest BCUT2D eigenvalue weighted by Gasteiger charge is 2.40. The van der Waals surface area contributed by atoms with Gasteiger partial charge in [0, 0.05) is 10.9 Å². The van der Waals surface area contributed by atoms with E-state index in [1.807, 2.05) is 11.3 Å². The molecule has 3 rings (SSSR count). The zero-order valence-electron chi connectivity index (χ0n) is 11.6. The van der Waals surface area contributed by atoms with E-state index in [2.05, 4.69) is 30.7 Å². The molecule has 1 aromatic rings. The first-order valence-corrected chi connectivity index (χ1v) is 8.40. The third-order valence-corrected chi connectivity index (χ3v) is 6.07. The van der Waals surface area contributed by atoms with Crippen LogP contribution in [0.2, 0.25) is 0 Å². The molecule has 18 heavy (non-hydrogen) atoms. The third-order valence-electron chi connectivity index (χ3n) is 5.19. The highest BCUT2D eigenvalue weighted by atomic mass is 32.1. The minimum absolute atomic E-state index is 0.602. The maximum Gasteiger partial charge on any atom is 0.0359 e. The Bertz CT molecular complexity index is 376. The van der Waals surface area contributed by atoms with E-state index in [1.165, 1.54) is 43.4 Å². The smallest absolute Gasteiger partial charge is 0.0359 e. The molecule has 2 aliphatic rings. The van der Waals surface area contributed by atoms with Crippen LogP contribution in [-0.2, 0) is 0 Å². The lowest BCUT2D eigenvalue weighted by molar-refractivity contribution is 0.0621. The molecule has 0 radical (unpaired) electrons. The molecule has 1 nitrogen and oxygen atoms in total. The fourth-order valence-corrected chi connectivity index (χ4v) is 4.53. The van der Waals surface area contributed by atoms with Crippen LogP contribution in [0.5, 0.6) is 0 Å². The summed E-state index contributed by atoms with van der Waals surface area (Å²) in [6, 6.07) is 3.00. The maximum atomic E-state index is 3.64. The lowest BCUT2D eigenvalue weighted by Gasteiger charge is -2.46. The van der Waals surface area contributed by atoms with Crippen LogP contribution in [0.3, 0.4) is 0 Å². The van der Waals surface area contributed by atoms with Crippen LogP contribution in [0, 0.1) is 24.7 Å². The van der Waals surface area contributed by atoms with Gasteiger partial charge in [-0.15, -0.1) is 11.3 Å². The van der Waals surface area contributed by atoms with E-state index in [0.717, 1.165) is 17.8 Å². The van der Waals surface area contributed by atoms with E-state index >= 15 is 0 Å². The van der Waals surface area contributed by atoms with Crippen molar-refractivity contribution in [2.45, 2.75) is 51.5 Å². The fourth-order valence-electron chi connectivity index (χ4n) is 3.79. The van der Waals surface area contributed by atoms with Crippen LogP contribution in [0.1, 0.15) is 55.0 Å². The van der Waals surface area contributed by atoms with Gasteiger partial charge in [-0.25, -0.2) is 0 Å². The Morgan fingerprint density at radius 2 is 1.78 bits per heavy atom. The number of hydrogen-bond donors (Lipinski definition) is 1. The van der Waals surface area contributed by atoms with Gasteiger partial charge in [-0.1, -0.05) is 38.5 Å². The normalized spacial score (nSPS) is 22.8. The minimum Gasteiger partial charge on any atom is -0.313 e. The standard InChI is InChI=1S/C16H25NS/c1-11-9-14(10-18-11)16(17-2)15(12-5-3-6-12)13-7-4-8-13/h9-10,12-13,15-17H,3-8H2,1-2H3. The first-order valence-electron chi connectivity index (χ1n) is 7.52. The molecule has 2 heteroatoms. The first kappa shape index (κ1) is 12.7. The molecule has 100 valence electrons. The zero-order chi connectivity index (χ0) is 12.5. The molecule has 0 aliphatic heterocycles. The molecule has 0 amide bonds. The second kappa shape index (κ2) is 5.34. The fraction of sp³-hybridized carbons (Fsp3) is 0.750. The molecule has 2 aliphatic carbocycles. The van der Waals surface area contributed by atoms with Crippen molar-refractivity contribution in [3.8, 4) is 0 Å².